The summed E-state index contributed by atoms with van der Waals surface area (Å²) in [5, 5.41) is 6.67. The number of fused-ring (bicyclic) bond motifs is 1. The number of rotatable bonds is 4. The van der Waals surface area contributed by atoms with Gasteiger partial charge < -0.3 is 5.73 Å². The lowest BCUT2D eigenvalue weighted by Gasteiger charge is -2.05. The number of halogens is 1. The minimum Gasteiger partial charge on any atom is -0.405 e. The van der Waals surface area contributed by atoms with Gasteiger partial charge in [-0.3, -0.25) is 0 Å². The lowest BCUT2D eigenvalue weighted by atomic mass is 10.1. The summed E-state index contributed by atoms with van der Waals surface area (Å²) in [6.45, 7) is 4.05. The average Bonchev–Trinajstić information content (AvgIpc) is 3.11. The Kier molecular flexibility index (Phi) is 4.72. The third-order valence-electron chi connectivity index (χ3n) is 4.56. The lowest BCUT2D eigenvalue weighted by molar-refractivity contribution is 0.628. The molecule has 28 heavy (non-hydrogen) atoms. The van der Waals surface area contributed by atoms with Crippen LogP contribution in [0, 0.1) is 5.82 Å². The Morgan fingerprint density at radius 3 is 2.68 bits per heavy atom. The molecule has 5 heteroatoms. The van der Waals surface area contributed by atoms with Crippen molar-refractivity contribution in [3.8, 4) is 11.3 Å². The Morgan fingerprint density at radius 1 is 1.07 bits per heavy atom. The summed E-state index contributed by atoms with van der Waals surface area (Å²) in [6.07, 6.45) is 7.73. The Bertz CT molecular complexity index is 1270. The van der Waals surface area contributed by atoms with E-state index in [-0.39, 0.29) is 5.82 Å². The van der Waals surface area contributed by atoms with E-state index in [1.807, 2.05) is 35.0 Å². The normalized spacial score (nSPS) is 12.2. The molecule has 0 amide bonds. The molecule has 0 radical (unpaired) electrons. The van der Waals surface area contributed by atoms with Crippen molar-refractivity contribution in [1.82, 2.24) is 14.6 Å². The van der Waals surface area contributed by atoms with E-state index in [1.165, 1.54) is 18.3 Å². The molecule has 2 aromatic carbocycles. The van der Waals surface area contributed by atoms with Crippen LogP contribution in [0.4, 0.5) is 4.39 Å². The van der Waals surface area contributed by atoms with Gasteiger partial charge in [0.15, 0.2) is 5.65 Å². The highest BCUT2D eigenvalue weighted by Crippen LogP contribution is 2.19. The molecule has 138 valence electrons. The molecule has 4 nitrogen and oxygen atoms in total. The van der Waals surface area contributed by atoms with Crippen molar-refractivity contribution in [3.05, 3.63) is 101 Å². The maximum atomic E-state index is 13.2. The summed E-state index contributed by atoms with van der Waals surface area (Å²) < 4.78 is 15.0. The molecule has 0 saturated heterocycles. The van der Waals surface area contributed by atoms with Gasteiger partial charge in [-0.1, -0.05) is 30.9 Å². The van der Waals surface area contributed by atoms with Crippen LogP contribution in [0.1, 0.15) is 11.3 Å². The van der Waals surface area contributed by atoms with E-state index in [1.54, 1.807) is 18.2 Å². The van der Waals surface area contributed by atoms with Gasteiger partial charge in [-0.2, -0.15) is 5.10 Å². The summed E-state index contributed by atoms with van der Waals surface area (Å²) >= 11 is 0. The first kappa shape index (κ1) is 17.7. The Morgan fingerprint density at radius 2 is 1.89 bits per heavy atom. The number of hydrogen-bond acceptors (Lipinski definition) is 3. The summed E-state index contributed by atoms with van der Waals surface area (Å²) in [5.41, 5.74) is 9.92. The largest absolute Gasteiger partial charge is 0.405 e. The number of allylic oxidation sites excluding steroid dienone is 1. The molecule has 0 unspecified atom stereocenters. The minimum atomic E-state index is -0.265. The van der Waals surface area contributed by atoms with Gasteiger partial charge in [0.05, 0.1) is 17.6 Å². The van der Waals surface area contributed by atoms with Gasteiger partial charge in [0.2, 0.25) is 0 Å². The fourth-order valence-corrected chi connectivity index (χ4v) is 3.09. The second-order valence-electron chi connectivity index (χ2n) is 6.51. The molecule has 0 atom stereocenters. The molecule has 0 aliphatic rings. The van der Waals surface area contributed by atoms with Crippen LogP contribution in [0.2, 0.25) is 0 Å². The van der Waals surface area contributed by atoms with Gasteiger partial charge in [-0.25, -0.2) is 13.9 Å². The zero-order valence-corrected chi connectivity index (χ0v) is 15.2. The number of benzene rings is 2. The third kappa shape index (κ3) is 3.55. The molecule has 0 spiro atoms. The standard InChI is InChI=1S/C23H19FN4/c1-16-4-5-17(13-19(16)3-2-12-25)14-21-15-26-23-11-10-22(27-28(21)23)18-6-8-20(24)9-7-18/h2-13,15H,1,14,25H2/b12-2-,19-3-. The summed E-state index contributed by atoms with van der Waals surface area (Å²) in [4.78, 5) is 4.45. The van der Waals surface area contributed by atoms with Crippen molar-refractivity contribution in [2.45, 2.75) is 6.42 Å². The van der Waals surface area contributed by atoms with Crippen molar-refractivity contribution < 1.29 is 4.39 Å². The molecule has 4 rings (SSSR count). The van der Waals surface area contributed by atoms with Gasteiger partial charge in [0.25, 0.3) is 0 Å². The van der Waals surface area contributed by atoms with Gasteiger partial charge in [-0.15, -0.1) is 0 Å². The van der Waals surface area contributed by atoms with E-state index in [9.17, 15) is 4.39 Å². The molecule has 0 bridgehead atoms. The first-order valence-corrected chi connectivity index (χ1v) is 8.90. The number of nitrogens with two attached hydrogens (primary N) is 1. The number of hydrogen-bond donors (Lipinski definition) is 1. The molecule has 0 aliphatic heterocycles. The topological polar surface area (TPSA) is 56.2 Å². The maximum Gasteiger partial charge on any atom is 0.153 e. The molecule has 0 saturated carbocycles. The zero-order valence-electron chi connectivity index (χ0n) is 15.2. The van der Waals surface area contributed by atoms with Crippen LogP contribution in [0.3, 0.4) is 0 Å². The predicted molar refractivity (Wildman–Crippen MR) is 110 cm³/mol. The van der Waals surface area contributed by atoms with E-state index < -0.39 is 0 Å². The fraction of sp³-hybridized carbons (Fsp3) is 0.0435. The van der Waals surface area contributed by atoms with Gasteiger partial charge in [-0.05, 0) is 64.7 Å². The van der Waals surface area contributed by atoms with Crippen molar-refractivity contribution >= 4 is 18.3 Å². The van der Waals surface area contributed by atoms with Crippen molar-refractivity contribution in [1.29, 1.82) is 0 Å². The van der Waals surface area contributed by atoms with E-state index in [4.69, 9.17) is 10.8 Å². The van der Waals surface area contributed by atoms with E-state index in [0.29, 0.717) is 6.42 Å². The second-order valence-corrected chi connectivity index (χ2v) is 6.51. The van der Waals surface area contributed by atoms with E-state index in [2.05, 4.69) is 23.7 Å². The first-order valence-electron chi connectivity index (χ1n) is 8.90. The van der Waals surface area contributed by atoms with Crippen LogP contribution < -0.4 is 16.2 Å². The molecule has 0 fully saturated rings. The molecule has 4 aromatic rings. The highest BCUT2D eigenvalue weighted by Gasteiger charge is 2.08. The SMILES string of the molecule is C=c1ccc(Cc2cnc3ccc(-c4ccc(F)cc4)nn23)c/c1=C/C=C\N. The van der Waals surface area contributed by atoms with E-state index in [0.717, 1.165) is 38.6 Å². The average molecular weight is 370 g/mol. The summed E-state index contributed by atoms with van der Waals surface area (Å²) in [5.74, 6) is -0.265. The molecular weight excluding hydrogens is 351 g/mol. The molecule has 2 N–H and O–H groups in total. The molecular formula is C23H19FN4. The van der Waals surface area contributed by atoms with Crippen molar-refractivity contribution in [2.24, 2.45) is 5.73 Å². The summed E-state index contributed by atoms with van der Waals surface area (Å²) in [7, 11) is 0. The van der Waals surface area contributed by atoms with Gasteiger partial charge in [0.1, 0.15) is 5.82 Å². The highest BCUT2D eigenvalue weighted by molar-refractivity contribution is 5.60. The Hall–Kier alpha value is -3.73. The Labute approximate surface area is 161 Å². The molecule has 2 heterocycles. The monoisotopic (exact) mass is 370 g/mol. The Balaban J connectivity index is 1.73. The quantitative estimate of drug-likeness (QED) is 0.601. The molecule has 0 aliphatic carbocycles. The minimum absolute atomic E-state index is 0.265. The van der Waals surface area contributed by atoms with Crippen LogP contribution in [-0.4, -0.2) is 14.6 Å². The third-order valence-corrected chi connectivity index (χ3v) is 4.56. The smallest absolute Gasteiger partial charge is 0.153 e. The number of imidazole rings is 1. The second kappa shape index (κ2) is 7.48. The highest BCUT2D eigenvalue weighted by atomic mass is 19.1. The molecule has 2 aromatic heterocycles. The summed E-state index contributed by atoms with van der Waals surface area (Å²) in [6, 6.07) is 16.3. The van der Waals surface area contributed by atoms with E-state index >= 15 is 0 Å². The lowest BCUT2D eigenvalue weighted by Crippen LogP contribution is -2.23. The number of nitrogens with zero attached hydrogens (tertiary/aromatic N) is 3. The van der Waals surface area contributed by atoms with Crippen LogP contribution >= 0.6 is 0 Å². The van der Waals surface area contributed by atoms with Crippen LogP contribution in [-0.2, 0) is 6.42 Å². The van der Waals surface area contributed by atoms with Crippen LogP contribution in [0.15, 0.2) is 73.1 Å². The van der Waals surface area contributed by atoms with Crippen molar-refractivity contribution in [2.75, 3.05) is 0 Å². The van der Waals surface area contributed by atoms with Crippen LogP contribution in [0.5, 0.6) is 0 Å². The number of aromatic nitrogens is 3. The maximum absolute atomic E-state index is 13.2. The van der Waals surface area contributed by atoms with Crippen molar-refractivity contribution in [3.63, 3.8) is 0 Å². The van der Waals surface area contributed by atoms with Gasteiger partial charge >= 0.3 is 0 Å². The van der Waals surface area contributed by atoms with Gasteiger partial charge in [0, 0.05) is 12.0 Å². The zero-order chi connectivity index (χ0) is 19.5. The van der Waals surface area contributed by atoms with Crippen LogP contribution in [0.25, 0.3) is 29.6 Å². The fourth-order valence-electron chi connectivity index (χ4n) is 3.09. The predicted octanol–water partition coefficient (Wildman–Crippen LogP) is 2.79. The first-order chi connectivity index (χ1) is 13.6.